The van der Waals surface area contributed by atoms with Gasteiger partial charge in [0.15, 0.2) is 0 Å². The number of nitrogens with one attached hydrogen (secondary N) is 2. The number of amides is 1. The molecule has 1 amide bonds. The van der Waals surface area contributed by atoms with Crippen LogP contribution in [0.15, 0.2) is 18.2 Å². The van der Waals surface area contributed by atoms with Gasteiger partial charge in [0.2, 0.25) is 5.91 Å². The topological polar surface area (TPSA) is 84.3 Å². The average Bonchev–Trinajstić information content (AvgIpc) is 2.78. The van der Waals surface area contributed by atoms with Gasteiger partial charge in [-0.05, 0) is 26.0 Å². The van der Waals surface area contributed by atoms with Crippen molar-refractivity contribution < 1.29 is 14.1 Å². The van der Waals surface area contributed by atoms with Gasteiger partial charge in [-0.3, -0.25) is 14.9 Å². The number of hydrogen-bond donors (Lipinski definition) is 2. The van der Waals surface area contributed by atoms with Crippen molar-refractivity contribution in [2.75, 3.05) is 11.9 Å². The minimum absolute atomic E-state index is 0.0155. The van der Waals surface area contributed by atoms with Gasteiger partial charge >= 0.3 is 0 Å². The number of benzene rings is 1. The van der Waals surface area contributed by atoms with Gasteiger partial charge in [-0.15, -0.1) is 0 Å². The van der Waals surface area contributed by atoms with E-state index >= 15 is 0 Å². The Kier molecular flexibility index (Phi) is 3.75. The normalized spacial score (nSPS) is 22.2. The highest BCUT2D eigenvalue weighted by Crippen LogP contribution is 2.23. The summed E-state index contributed by atoms with van der Waals surface area (Å²) in [5, 5.41) is 16.2. The van der Waals surface area contributed by atoms with Gasteiger partial charge in [-0.25, -0.2) is 4.39 Å². The molecule has 2 N–H and O–H groups in total. The molecule has 6 nitrogen and oxygen atoms in total. The number of carbonyl (C=O) groups excluding carboxylic acids is 1. The van der Waals surface area contributed by atoms with E-state index in [1.807, 2.05) is 6.92 Å². The lowest BCUT2D eigenvalue weighted by atomic mass is 10.0. The molecule has 1 aromatic carbocycles. The molecule has 0 bridgehead atoms. The van der Waals surface area contributed by atoms with Crippen LogP contribution in [0.1, 0.15) is 13.3 Å². The molecular formula is C12H14FN3O3. The van der Waals surface area contributed by atoms with Gasteiger partial charge in [0.1, 0.15) is 5.82 Å². The second kappa shape index (κ2) is 5.31. The van der Waals surface area contributed by atoms with Crippen molar-refractivity contribution in [3.05, 3.63) is 34.1 Å². The standard InChI is InChI=1S/C12H14FN3O3/c1-7-9(4-5-14-7)12(17)15-11-6-8(16(18)19)2-3-10(11)13/h2-3,6-7,9,14H,4-5H2,1H3,(H,15,17). The highest BCUT2D eigenvalue weighted by molar-refractivity contribution is 5.93. The number of anilines is 1. The van der Waals surface area contributed by atoms with Crippen molar-refractivity contribution >= 4 is 17.3 Å². The summed E-state index contributed by atoms with van der Waals surface area (Å²) < 4.78 is 13.5. The highest BCUT2D eigenvalue weighted by atomic mass is 19.1. The van der Waals surface area contributed by atoms with Crippen LogP contribution >= 0.6 is 0 Å². The molecule has 7 heteroatoms. The summed E-state index contributed by atoms with van der Waals surface area (Å²) >= 11 is 0. The molecular weight excluding hydrogens is 253 g/mol. The summed E-state index contributed by atoms with van der Waals surface area (Å²) in [6.45, 7) is 2.61. The molecule has 1 saturated heterocycles. The van der Waals surface area contributed by atoms with Gasteiger partial charge in [0.25, 0.3) is 5.69 Å². The first kappa shape index (κ1) is 13.4. The Balaban J connectivity index is 2.16. The van der Waals surface area contributed by atoms with E-state index in [0.29, 0.717) is 6.42 Å². The van der Waals surface area contributed by atoms with Crippen molar-refractivity contribution in [1.29, 1.82) is 0 Å². The van der Waals surface area contributed by atoms with Crippen LogP contribution in [0.5, 0.6) is 0 Å². The van der Waals surface area contributed by atoms with Crippen LogP contribution in [0.25, 0.3) is 0 Å². The molecule has 1 fully saturated rings. The zero-order valence-electron chi connectivity index (χ0n) is 10.4. The fourth-order valence-electron chi connectivity index (χ4n) is 2.16. The Morgan fingerprint density at radius 1 is 1.58 bits per heavy atom. The summed E-state index contributed by atoms with van der Waals surface area (Å²) in [5.41, 5.74) is -0.410. The molecule has 2 rings (SSSR count). The fraction of sp³-hybridized carbons (Fsp3) is 0.417. The molecule has 102 valence electrons. The first-order valence-corrected chi connectivity index (χ1v) is 5.97. The second-order valence-electron chi connectivity index (χ2n) is 4.55. The van der Waals surface area contributed by atoms with Crippen LogP contribution in [-0.4, -0.2) is 23.4 Å². The van der Waals surface area contributed by atoms with Crippen LogP contribution in [0.4, 0.5) is 15.8 Å². The summed E-state index contributed by atoms with van der Waals surface area (Å²) in [4.78, 5) is 22.0. The molecule has 0 saturated carbocycles. The summed E-state index contributed by atoms with van der Waals surface area (Å²) in [7, 11) is 0. The number of nitrogens with zero attached hydrogens (tertiary/aromatic N) is 1. The molecule has 0 radical (unpaired) electrons. The van der Waals surface area contributed by atoms with E-state index in [-0.39, 0.29) is 29.2 Å². The van der Waals surface area contributed by atoms with Crippen LogP contribution in [0, 0.1) is 21.8 Å². The Bertz CT molecular complexity index is 521. The molecule has 1 aromatic rings. The van der Waals surface area contributed by atoms with Crippen LogP contribution in [-0.2, 0) is 4.79 Å². The number of halogens is 1. The van der Waals surface area contributed by atoms with Gasteiger partial charge in [0, 0.05) is 18.2 Å². The van der Waals surface area contributed by atoms with Crippen LogP contribution < -0.4 is 10.6 Å². The first-order valence-electron chi connectivity index (χ1n) is 5.97. The van der Waals surface area contributed by atoms with E-state index in [4.69, 9.17) is 0 Å². The van der Waals surface area contributed by atoms with Gasteiger partial charge in [-0.1, -0.05) is 0 Å². The smallest absolute Gasteiger partial charge is 0.271 e. The number of rotatable bonds is 3. The number of hydrogen-bond acceptors (Lipinski definition) is 4. The predicted octanol–water partition coefficient (Wildman–Crippen LogP) is 1.67. The Hall–Kier alpha value is -2.02. The Morgan fingerprint density at radius 2 is 2.32 bits per heavy atom. The monoisotopic (exact) mass is 267 g/mol. The average molecular weight is 267 g/mol. The van der Waals surface area contributed by atoms with E-state index in [0.717, 1.165) is 24.7 Å². The molecule has 1 aliphatic heterocycles. The van der Waals surface area contributed by atoms with E-state index in [1.54, 1.807) is 0 Å². The van der Waals surface area contributed by atoms with E-state index < -0.39 is 10.7 Å². The Labute approximate surface area is 109 Å². The van der Waals surface area contributed by atoms with E-state index in [2.05, 4.69) is 10.6 Å². The maximum absolute atomic E-state index is 13.5. The van der Waals surface area contributed by atoms with Crippen molar-refractivity contribution in [3.63, 3.8) is 0 Å². The quantitative estimate of drug-likeness (QED) is 0.644. The Morgan fingerprint density at radius 3 is 2.89 bits per heavy atom. The summed E-state index contributed by atoms with van der Waals surface area (Å²) in [5.74, 6) is -1.26. The third-order valence-corrected chi connectivity index (χ3v) is 3.28. The third kappa shape index (κ3) is 2.87. The van der Waals surface area contributed by atoms with Crippen molar-refractivity contribution in [3.8, 4) is 0 Å². The largest absolute Gasteiger partial charge is 0.323 e. The molecule has 19 heavy (non-hydrogen) atoms. The molecule has 0 spiro atoms. The summed E-state index contributed by atoms with van der Waals surface area (Å²) in [6.07, 6.45) is 0.670. The minimum atomic E-state index is -0.683. The number of non-ortho nitro benzene ring substituents is 1. The minimum Gasteiger partial charge on any atom is -0.323 e. The number of nitro groups is 1. The summed E-state index contributed by atoms with van der Waals surface area (Å²) in [6, 6.07) is 3.08. The number of carbonyl (C=O) groups is 1. The lowest BCUT2D eigenvalue weighted by Gasteiger charge is -2.15. The SMILES string of the molecule is CC1NCCC1C(=O)Nc1cc([N+](=O)[O-])ccc1F. The molecule has 1 heterocycles. The van der Waals surface area contributed by atoms with Crippen LogP contribution in [0.2, 0.25) is 0 Å². The zero-order valence-corrected chi connectivity index (χ0v) is 10.4. The predicted molar refractivity (Wildman–Crippen MR) is 67.3 cm³/mol. The second-order valence-corrected chi connectivity index (χ2v) is 4.55. The lowest BCUT2D eigenvalue weighted by Crippen LogP contribution is -2.32. The van der Waals surface area contributed by atoms with Gasteiger partial charge in [0.05, 0.1) is 16.5 Å². The van der Waals surface area contributed by atoms with E-state index in [9.17, 15) is 19.3 Å². The van der Waals surface area contributed by atoms with Crippen molar-refractivity contribution in [2.45, 2.75) is 19.4 Å². The number of nitro benzene ring substituents is 1. The molecule has 1 aliphatic rings. The maximum atomic E-state index is 13.5. The van der Waals surface area contributed by atoms with E-state index in [1.165, 1.54) is 0 Å². The maximum Gasteiger partial charge on any atom is 0.271 e. The molecule has 0 aliphatic carbocycles. The van der Waals surface area contributed by atoms with Gasteiger partial charge in [-0.2, -0.15) is 0 Å². The highest BCUT2D eigenvalue weighted by Gasteiger charge is 2.30. The molecule has 2 unspecified atom stereocenters. The van der Waals surface area contributed by atoms with Crippen molar-refractivity contribution in [2.24, 2.45) is 5.92 Å². The van der Waals surface area contributed by atoms with Gasteiger partial charge < -0.3 is 10.6 Å². The van der Waals surface area contributed by atoms with Crippen LogP contribution in [0.3, 0.4) is 0 Å². The molecule has 2 atom stereocenters. The third-order valence-electron chi connectivity index (χ3n) is 3.28. The zero-order chi connectivity index (χ0) is 14.0. The molecule has 0 aromatic heterocycles. The lowest BCUT2D eigenvalue weighted by molar-refractivity contribution is -0.384. The fourth-order valence-corrected chi connectivity index (χ4v) is 2.16. The van der Waals surface area contributed by atoms with Crippen molar-refractivity contribution in [1.82, 2.24) is 5.32 Å². The first-order chi connectivity index (χ1) is 8.99.